The summed E-state index contributed by atoms with van der Waals surface area (Å²) in [5, 5.41) is 4.71. The standard InChI is InChI=1S/C25H37N5O/c1-9-17(10-2)20-14-30(7)24-19(20)13-15(5)21(28-24)22-16(6)26-23(25(29-22)31-8)27-18(11-3)12-4/h13-14,17-18H,9-12H2,1-8H3,(H,26,27). The van der Waals surface area contributed by atoms with Crippen LogP contribution in [0.5, 0.6) is 5.88 Å². The number of nitrogens with zero attached hydrogens (tertiary/aromatic N) is 4. The molecule has 3 aromatic heterocycles. The maximum absolute atomic E-state index is 5.60. The van der Waals surface area contributed by atoms with E-state index in [4.69, 9.17) is 19.7 Å². The maximum atomic E-state index is 5.60. The van der Waals surface area contributed by atoms with E-state index >= 15 is 0 Å². The molecule has 0 bridgehead atoms. The van der Waals surface area contributed by atoms with Crippen LogP contribution in [0.3, 0.4) is 0 Å². The quantitative estimate of drug-likeness (QED) is 0.446. The second kappa shape index (κ2) is 9.67. The molecule has 3 rings (SSSR count). The third-order valence-electron chi connectivity index (χ3n) is 6.38. The number of methoxy groups -OCH3 is 1. The van der Waals surface area contributed by atoms with Gasteiger partial charge in [0.05, 0.1) is 18.5 Å². The predicted octanol–water partition coefficient (Wildman–Crippen LogP) is 6.16. The average molecular weight is 424 g/mol. The zero-order chi connectivity index (χ0) is 22.7. The molecule has 0 spiro atoms. The zero-order valence-electron chi connectivity index (χ0n) is 20.3. The highest BCUT2D eigenvalue weighted by Gasteiger charge is 2.21. The molecule has 31 heavy (non-hydrogen) atoms. The van der Waals surface area contributed by atoms with E-state index in [9.17, 15) is 0 Å². The number of aryl methyl sites for hydroxylation is 3. The lowest BCUT2D eigenvalue weighted by Crippen LogP contribution is -2.19. The van der Waals surface area contributed by atoms with Crippen molar-refractivity contribution in [2.75, 3.05) is 12.4 Å². The van der Waals surface area contributed by atoms with Crippen LogP contribution in [0.15, 0.2) is 12.3 Å². The summed E-state index contributed by atoms with van der Waals surface area (Å²) >= 11 is 0. The fourth-order valence-electron chi connectivity index (χ4n) is 4.37. The van der Waals surface area contributed by atoms with Crippen molar-refractivity contribution in [2.24, 2.45) is 7.05 Å². The lowest BCUT2D eigenvalue weighted by molar-refractivity contribution is 0.397. The molecule has 0 aliphatic heterocycles. The van der Waals surface area contributed by atoms with Crippen LogP contribution in [0.25, 0.3) is 22.4 Å². The van der Waals surface area contributed by atoms with Gasteiger partial charge >= 0.3 is 0 Å². The summed E-state index contributed by atoms with van der Waals surface area (Å²) in [5.74, 6) is 1.76. The number of hydrogen-bond acceptors (Lipinski definition) is 5. The number of rotatable bonds is 9. The Morgan fingerprint density at radius 2 is 1.65 bits per heavy atom. The molecule has 6 heteroatoms. The van der Waals surface area contributed by atoms with Crippen LogP contribution in [-0.2, 0) is 7.05 Å². The third-order valence-corrected chi connectivity index (χ3v) is 6.38. The molecule has 3 heterocycles. The first-order valence-electron chi connectivity index (χ1n) is 11.5. The highest BCUT2D eigenvalue weighted by Crippen LogP contribution is 2.35. The van der Waals surface area contributed by atoms with Crippen LogP contribution in [0.2, 0.25) is 0 Å². The van der Waals surface area contributed by atoms with Crippen LogP contribution >= 0.6 is 0 Å². The minimum atomic E-state index is 0.344. The van der Waals surface area contributed by atoms with E-state index in [0.717, 1.165) is 54.0 Å². The lowest BCUT2D eigenvalue weighted by atomic mass is 9.93. The van der Waals surface area contributed by atoms with E-state index < -0.39 is 0 Å². The minimum absolute atomic E-state index is 0.344. The van der Waals surface area contributed by atoms with E-state index in [1.165, 1.54) is 10.9 Å². The predicted molar refractivity (Wildman–Crippen MR) is 129 cm³/mol. The van der Waals surface area contributed by atoms with Crippen molar-refractivity contribution in [1.29, 1.82) is 0 Å². The average Bonchev–Trinajstić information content (AvgIpc) is 3.07. The molecule has 0 atom stereocenters. The summed E-state index contributed by atoms with van der Waals surface area (Å²) in [7, 11) is 3.71. The fourth-order valence-corrected chi connectivity index (χ4v) is 4.37. The van der Waals surface area contributed by atoms with Gasteiger partial charge in [-0.05, 0) is 62.6 Å². The Kier molecular flexibility index (Phi) is 7.19. The summed E-state index contributed by atoms with van der Waals surface area (Å²) in [6.45, 7) is 12.9. The van der Waals surface area contributed by atoms with Crippen molar-refractivity contribution in [3.8, 4) is 17.3 Å². The van der Waals surface area contributed by atoms with Gasteiger partial charge in [0.1, 0.15) is 11.3 Å². The van der Waals surface area contributed by atoms with Crippen molar-refractivity contribution in [3.05, 3.63) is 29.1 Å². The number of ether oxygens (including phenoxy) is 1. The number of pyridine rings is 1. The number of fused-ring (bicyclic) bond motifs is 1. The summed E-state index contributed by atoms with van der Waals surface area (Å²) in [6, 6.07) is 2.60. The minimum Gasteiger partial charge on any atom is -0.478 e. The van der Waals surface area contributed by atoms with Gasteiger partial charge in [-0.2, -0.15) is 0 Å². The molecule has 3 aromatic rings. The molecule has 0 saturated heterocycles. The fraction of sp³-hybridized carbons (Fsp3) is 0.560. The number of anilines is 1. The SMILES string of the molecule is CCC(CC)Nc1nc(C)c(-c2nc3c(cc2C)c(C(CC)CC)cn3C)nc1OC. The van der Waals surface area contributed by atoms with Gasteiger partial charge in [0.25, 0.3) is 5.88 Å². The van der Waals surface area contributed by atoms with Crippen molar-refractivity contribution >= 4 is 16.9 Å². The van der Waals surface area contributed by atoms with Gasteiger partial charge in [-0.15, -0.1) is 0 Å². The van der Waals surface area contributed by atoms with Crippen molar-refractivity contribution in [1.82, 2.24) is 19.5 Å². The first-order valence-corrected chi connectivity index (χ1v) is 11.5. The van der Waals surface area contributed by atoms with Gasteiger partial charge in [-0.25, -0.2) is 15.0 Å². The Bertz CT molecular complexity index is 1050. The summed E-state index contributed by atoms with van der Waals surface area (Å²) in [4.78, 5) is 14.7. The van der Waals surface area contributed by atoms with Gasteiger partial charge < -0.3 is 14.6 Å². The molecule has 0 aliphatic carbocycles. The van der Waals surface area contributed by atoms with Gasteiger partial charge in [0.2, 0.25) is 0 Å². The smallest absolute Gasteiger partial charge is 0.257 e. The highest BCUT2D eigenvalue weighted by molar-refractivity contribution is 5.85. The van der Waals surface area contributed by atoms with E-state index in [2.05, 4.69) is 63.8 Å². The molecule has 0 aromatic carbocycles. The molecular formula is C25H37N5O. The normalized spacial score (nSPS) is 11.7. The van der Waals surface area contributed by atoms with Crippen LogP contribution in [-0.4, -0.2) is 32.7 Å². The van der Waals surface area contributed by atoms with E-state index in [0.29, 0.717) is 23.7 Å². The Morgan fingerprint density at radius 1 is 0.968 bits per heavy atom. The van der Waals surface area contributed by atoms with E-state index in [1.54, 1.807) is 7.11 Å². The van der Waals surface area contributed by atoms with E-state index in [1.807, 2.05) is 6.92 Å². The summed E-state index contributed by atoms with van der Waals surface area (Å²) < 4.78 is 7.73. The molecule has 168 valence electrons. The largest absolute Gasteiger partial charge is 0.478 e. The molecule has 6 nitrogen and oxygen atoms in total. The van der Waals surface area contributed by atoms with Gasteiger partial charge in [0, 0.05) is 24.7 Å². The lowest BCUT2D eigenvalue weighted by Gasteiger charge is -2.19. The van der Waals surface area contributed by atoms with Gasteiger partial charge in [-0.1, -0.05) is 27.7 Å². The second-order valence-electron chi connectivity index (χ2n) is 8.41. The Balaban J connectivity index is 2.13. The Morgan fingerprint density at radius 3 is 2.23 bits per heavy atom. The first kappa shape index (κ1) is 23.0. The molecule has 0 aliphatic rings. The Hall–Kier alpha value is -2.63. The molecule has 0 amide bonds. The van der Waals surface area contributed by atoms with Crippen LogP contribution in [0.1, 0.15) is 76.1 Å². The molecule has 0 fully saturated rings. The number of hydrogen-bond donors (Lipinski definition) is 1. The van der Waals surface area contributed by atoms with E-state index in [-0.39, 0.29) is 0 Å². The summed E-state index contributed by atoms with van der Waals surface area (Å²) in [6.07, 6.45) is 6.53. The molecular weight excluding hydrogens is 386 g/mol. The molecule has 0 unspecified atom stereocenters. The van der Waals surface area contributed by atoms with Gasteiger partial charge in [-0.3, -0.25) is 0 Å². The highest BCUT2D eigenvalue weighted by atomic mass is 16.5. The molecule has 0 radical (unpaired) electrons. The first-order chi connectivity index (χ1) is 14.9. The second-order valence-corrected chi connectivity index (χ2v) is 8.41. The summed E-state index contributed by atoms with van der Waals surface area (Å²) in [5.41, 5.74) is 5.96. The van der Waals surface area contributed by atoms with Crippen molar-refractivity contribution in [3.63, 3.8) is 0 Å². The maximum Gasteiger partial charge on any atom is 0.257 e. The number of aromatic nitrogens is 4. The topological polar surface area (TPSA) is 64.9 Å². The third kappa shape index (κ3) is 4.39. The van der Waals surface area contributed by atoms with Gasteiger partial charge in [0.15, 0.2) is 5.82 Å². The van der Waals surface area contributed by atoms with Crippen LogP contribution in [0, 0.1) is 13.8 Å². The molecule has 0 saturated carbocycles. The van der Waals surface area contributed by atoms with Crippen LogP contribution < -0.4 is 10.1 Å². The zero-order valence-corrected chi connectivity index (χ0v) is 20.3. The number of nitrogens with one attached hydrogen (secondary N) is 1. The van der Waals surface area contributed by atoms with Crippen LogP contribution in [0.4, 0.5) is 5.82 Å². The van der Waals surface area contributed by atoms with Crippen molar-refractivity contribution in [2.45, 2.75) is 79.2 Å². The van der Waals surface area contributed by atoms with Crippen molar-refractivity contribution < 1.29 is 4.74 Å². The Labute approximate surface area is 186 Å². The monoisotopic (exact) mass is 423 g/mol. The molecule has 1 N–H and O–H groups in total.